The Labute approximate surface area is 149 Å². The number of carbonyl (C=O) groups is 3. The largest absolute Gasteiger partial charge is 0.465 e. The molecule has 130 valence electrons. The van der Waals surface area contributed by atoms with Gasteiger partial charge in [-0.1, -0.05) is 29.8 Å². The van der Waals surface area contributed by atoms with Crippen molar-refractivity contribution in [2.75, 3.05) is 7.11 Å². The van der Waals surface area contributed by atoms with Gasteiger partial charge >= 0.3 is 5.97 Å². The van der Waals surface area contributed by atoms with Gasteiger partial charge in [0.1, 0.15) is 6.04 Å². The fraction of sp³-hybridized carbons (Fsp3) is 0.167. The molecule has 1 atom stereocenters. The van der Waals surface area contributed by atoms with Crippen molar-refractivity contribution in [1.29, 1.82) is 0 Å². The van der Waals surface area contributed by atoms with Crippen LogP contribution in [-0.4, -0.2) is 30.9 Å². The molecule has 2 aromatic rings. The van der Waals surface area contributed by atoms with E-state index in [9.17, 15) is 14.4 Å². The van der Waals surface area contributed by atoms with Crippen molar-refractivity contribution in [1.82, 2.24) is 5.32 Å². The summed E-state index contributed by atoms with van der Waals surface area (Å²) in [6.07, 6.45) is 0.207. The summed E-state index contributed by atoms with van der Waals surface area (Å²) in [4.78, 5) is 35.6. The number of esters is 1. The molecule has 25 heavy (non-hydrogen) atoms. The van der Waals surface area contributed by atoms with Gasteiger partial charge in [-0.3, -0.25) is 9.59 Å². The number of methoxy groups -OCH3 is 1. The zero-order valence-electron chi connectivity index (χ0n) is 13.5. The van der Waals surface area contributed by atoms with E-state index in [2.05, 4.69) is 10.1 Å². The second-order valence-electron chi connectivity index (χ2n) is 5.33. The summed E-state index contributed by atoms with van der Waals surface area (Å²) in [5.41, 5.74) is 6.61. The average Bonchev–Trinajstić information content (AvgIpc) is 2.60. The number of carbonyl (C=O) groups excluding carboxylic acids is 3. The third-order valence-electron chi connectivity index (χ3n) is 3.52. The average molecular weight is 361 g/mol. The van der Waals surface area contributed by atoms with Crippen molar-refractivity contribution < 1.29 is 19.1 Å². The van der Waals surface area contributed by atoms with Crippen LogP contribution in [-0.2, 0) is 16.0 Å². The number of benzene rings is 2. The van der Waals surface area contributed by atoms with E-state index in [4.69, 9.17) is 17.3 Å². The molecule has 2 amide bonds. The maximum atomic E-state index is 12.4. The Balaban J connectivity index is 2.15. The lowest BCUT2D eigenvalue weighted by atomic mass is 10.0. The molecule has 0 saturated heterocycles. The highest BCUT2D eigenvalue weighted by Gasteiger charge is 2.20. The maximum absolute atomic E-state index is 12.4. The molecule has 0 fully saturated rings. The van der Waals surface area contributed by atoms with Gasteiger partial charge in [-0.25, -0.2) is 4.79 Å². The lowest BCUT2D eigenvalue weighted by molar-refractivity contribution is -0.119. The zero-order valence-corrected chi connectivity index (χ0v) is 14.2. The number of ether oxygens (including phenoxy) is 1. The number of rotatable bonds is 6. The van der Waals surface area contributed by atoms with Crippen molar-refractivity contribution in [3.05, 3.63) is 70.2 Å². The van der Waals surface area contributed by atoms with Gasteiger partial charge in [0, 0.05) is 17.0 Å². The highest BCUT2D eigenvalue weighted by atomic mass is 35.5. The van der Waals surface area contributed by atoms with Crippen molar-refractivity contribution in [3.63, 3.8) is 0 Å². The van der Waals surface area contributed by atoms with Gasteiger partial charge in [0.05, 0.1) is 12.7 Å². The van der Waals surface area contributed by atoms with Crippen molar-refractivity contribution in [2.24, 2.45) is 5.73 Å². The number of hydrogen-bond acceptors (Lipinski definition) is 4. The van der Waals surface area contributed by atoms with Gasteiger partial charge < -0.3 is 15.8 Å². The molecule has 0 aromatic heterocycles. The topological polar surface area (TPSA) is 98.5 Å². The molecule has 6 nitrogen and oxygen atoms in total. The summed E-state index contributed by atoms with van der Waals surface area (Å²) < 4.78 is 4.62. The minimum Gasteiger partial charge on any atom is -0.465 e. The van der Waals surface area contributed by atoms with Gasteiger partial charge in [0.15, 0.2) is 0 Å². The van der Waals surface area contributed by atoms with E-state index in [-0.39, 0.29) is 17.5 Å². The standard InChI is InChI=1S/C18H17ClN2O4/c1-25-18(24)13-6-3-5-12(10-13)17(23)21-15(16(20)22)9-11-4-2-7-14(19)8-11/h2-8,10,15H,9H2,1H3,(H2,20,22)(H,21,23)/t15-/m1/s1. The number of primary amides is 1. The van der Waals surface area contributed by atoms with Crippen molar-refractivity contribution in [2.45, 2.75) is 12.5 Å². The fourth-order valence-corrected chi connectivity index (χ4v) is 2.48. The minimum atomic E-state index is -0.909. The molecule has 0 bridgehead atoms. The molecular weight excluding hydrogens is 344 g/mol. The Kier molecular flexibility index (Phi) is 6.14. The summed E-state index contributed by atoms with van der Waals surface area (Å²) in [6, 6.07) is 12.0. The Hall–Kier alpha value is -2.86. The molecule has 0 aliphatic rings. The van der Waals surface area contributed by atoms with Crippen LogP contribution in [0.15, 0.2) is 48.5 Å². The summed E-state index contributed by atoms with van der Waals surface area (Å²) >= 11 is 5.92. The lowest BCUT2D eigenvalue weighted by Gasteiger charge is -2.16. The number of amides is 2. The normalized spacial score (nSPS) is 11.4. The van der Waals surface area contributed by atoms with Crippen LogP contribution in [0.4, 0.5) is 0 Å². The molecule has 2 aromatic carbocycles. The van der Waals surface area contributed by atoms with E-state index in [1.165, 1.54) is 25.3 Å². The Morgan fingerprint density at radius 2 is 1.80 bits per heavy atom. The zero-order chi connectivity index (χ0) is 18.4. The van der Waals surface area contributed by atoms with Gasteiger partial charge in [-0.05, 0) is 35.9 Å². The second-order valence-corrected chi connectivity index (χ2v) is 5.77. The van der Waals surface area contributed by atoms with Gasteiger partial charge in [-0.2, -0.15) is 0 Å². The SMILES string of the molecule is COC(=O)c1cccc(C(=O)N[C@H](Cc2cccc(Cl)c2)C(N)=O)c1. The van der Waals surface area contributed by atoms with E-state index in [1.807, 2.05) is 0 Å². The first-order chi connectivity index (χ1) is 11.9. The van der Waals surface area contributed by atoms with E-state index in [0.717, 1.165) is 5.56 Å². The second kappa shape index (κ2) is 8.30. The highest BCUT2D eigenvalue weighted by Crippen LogP contribution is 2.13. The molecule has 3 N–H and O–H groups in total. The first-order valence-corrected chi connectivity index (χ1v) is 7.81. The van der Waals surface area contributed by atoms with E-state index in [1.54, 1.807) is 30.3 Å². The van der Waals surface area contributed by atoms with E-state index >= 15 is 0 Å². The molecule has 0 heterocycles. The Morgan fingerprint density at radius 3 is 2.44 bits per heavy atom. The van der Waals surface area contributed by atoms with Crippen LogP contribution < -0.4 is 11.1 Å². The molecule has 7 heteroatoms. The number of nitrogens with one attached hydrogen (secondary N) is 1. The summed E-state index contributed by atoms with van der Waals surface area (Å²) in [7, 11) is 1.25. The summed E-state index contributed by atoms with van der Waals surface area (Å²) in [6.45, 7) is 0. The maximum Gasteiger partial charge on any atom is 0.337 e. The van der Waals surface area contributed by atoms with Crippen molar-refractivity contribution in [3.8, 4) is 0 Å². The number of nitrogens with two attached hydrogens (primary N) is 1. The van der Waals surface area contributed by atoms with Crippen molar-refractivity contribution >= 4 is 29.4 Å². The van der Waals surface area contributed by atoms with Gasteiger partial charge in [-0.15, -0.1) is 0 Å². The molecule has 0 aliphatic heterocycles. The Bertz CT molecular complexity index is 807. The third-order valence-corrected chi connectivity index (χ3v) is 3.76. The van der Waals surface area contributed by atoms with Gasteiger partial charge in [0.25, 0.3) is 5.91 Å². The van der Waals surface area contributed by atoms with Crippen LogP contribution in [0.5, 0.6) is 0 Å². The molecule has 0 unspecified atom stereocenters. The van der Waals surface area contributed by atoms with E-state index < -0.39 is 23.8 Å². The first kappa shape index (κ1) is 18.5. The van der Waals surface area contributed by atoms with Crippen LogP contribution in [0, 0.1) is 0 Å². The summed E-state index contributed by atoms with van der Waals surface area (Å²) in [5, 5.41) is 3.10. The third kappa shape index (κ3) is 5.06. The fourth-order valence-electron chi connectivity index (χ4n) is 2.27. The van der Waals surface area contributed by atoms with Crippen LogP contribution in [0.1, 0.15) is 26.3 Å². The lowest BCUT2D eigenvalue weighted by Crippen LogP contribution is -2.45. The van der Waals surface area contributed by atoms with Crippen LogP contribution >= 0.6 is 11.6 Å². The quantitative estimate of drug-likeness (QED) is 0.769. The highest BCUT2D eigenvalue weighted by molar-refractivity contribution is 6.30. The monoisotopic (exact) mass is 360 g/mol. The van der Waals surface area contributed by atoms with Gasteiger partial charge in [0.2, 0.25) is 5.91 Å². The van der Waals surface area contributed by atoms with Crippen LogP contribution in [0.2, 0.25) is 5.02 Å². The number of halogens is 1. The van der Waals surface area contributed by atoms with E-state index in [0.29, 0.717) is 5.02 Å². The van der Waals surface area contributed by atoms with Crippen LogP contribution in [0.3, 0.4) is 0 Å². The molecule has 2 rings (SSSR count). The first-order valence-electron chi connectivity index (χ1n) is 7.43. The predicted molar refractivity (Wildman–Crippen MR) is 93.4 cm³/mol. The molecular formula is C18H17ClN2O4. The Morgan fingerprint density at radius 1 is 1.12 bits per heavy atom. The smallest absolute Gasteiger partial charge is 0.337 e. The van der Waals surface area contributed by atoms with Crippen LogP contribution in [0.25, 0.3) is 0 Å². The predicted octanol–water partition coefficient (Wildman–Crippen LogP) is 1.95. The minimum absolute atomic E-state index is 0.207. The molecule has 0 spiro atoms. The molecule has 0 saturated carbocycles. The summed E-state index contributed by atoms with van der Waals surface area (Å²) in [5.74, 6) is -1.74. The molecule has 0 aliphatic carbocycles. The molecule has 0 radical (unpaired) electrons. The number of hydrogen-bond donors (Lipinski definition) is 2.